The summed E-state index contributed by atoms with van der Waals surface area (Å²) in [6.07, 6.45) is 0. The number of primary amides is 1. The van der Waals surface area contributed by atoms with Gasteiger partial charge in [0.05, 0.1) is 7.11 Å². The highest BCUT2D eigenvalue weighted by Gasteiger charge is 2.13. The molecule has 4 rings (SSSR count). The second-order valence-corrected chi connectivity index (χ2v) is 5.84. The van der Waals surface area contributed by atoms with Crippen LogP contribution < -0.4 is 10.5 Å². The number of ether oxygens (including phenoxy) is 1. The molecule has 1 heterocycles. The van der Waals surface area contributed by atoms with E-state index in [0.29, 0.717) is 22.6 Å². The van der Waals surface area contributed by atoms with Crippen LogP contribution in [-0.4, -0.2) is 18.0 Å². The molecule has 0 atom stereocenters. The summed E-state index contributed by atoms with van der Waals surface area (Å²) >= 11 is 0. The molecule has 0 saturated carbocycles. The monoisotopic (exact) mass is 344 g/mol. The minimum atomic E-state index is -0.459. The number of nitrogens with zero attached hydrogens (tertiary/aromatic N) is 1. The first kappa shape index (κ1) is 15.9. The van der Waals surface area contributed by atoms with Crippen LogP contribution in [0.4, 0.5) is 0 Å². The van der Waals surface area contributed by atoms with Crippen LogP contribution in [0.3, 0.4) is 0 Å². The molecule has 0 bridgehead atoms. The van der Waals surface area contributed by atoms with Crippen molar-refractivity contribution in [3.8, 4) is 28.3 Å². The molecular formula is C21H16N2O3. The van der Waals surface area contributed by atoms with E-state index in [2.05, 4.69) is 4.98 Å². The number of rotatable bonds is 4. The molecule has 0 aliphatic carbocycles. The number of amides is 1. The Bertz CT molecular complexity index is 1100. The number of oxazole rings is 1. The van der Waals surface area contributed by atoms with E-state index in [1.54, 1.807) is 19.2 Å². The maximum atomic E-state index is 11.7. The van der Waals surface area contributed by atoms with Crippen LogP contribution in [0.25, 0.3) is 33.7 Å². The van der Waals surface area contributed by atoms with Crippen molar-refractivity contribution in [1.29, 1.82) is 0 Å². The fraction of sp³-hybridized carbons (Fsp3) is 0.0476. The zero-order valence-corrected chi connectivity index (χ0v) is 14.1. The molecule has 26 heavy (non-hydrogen) atoms. The number of carbonyl (C=O) groups excluding carboxylic acids is 1. The van der Waals surface area contributed by atoms with Crippen molar-refractivity contribution in [2.45, 2.75) is 0 Å². The van der Waals surface area contributed by atoms with E-state index in [0.717, 1.165) is 22.4 Å². The van der Waals surface area contributed by atoms with Gasteiger partial charge in [0, 0.05) is 11.1 Å². The third-order valence-electron chi connectivity index (χ3n) is 4.23. The minimum Gasteiger partial charge on any atom is -0.497 e. The van der Waals surface area contributed by atoms with Crippen molar-refractivity contribution in [2.75, 3.05) is 7.11 Å². The quantitative estimate of drug-likeness (QED) is 0.600. The van der Waals surface area contributed by atoms with Gasteiger partial charge in [-0.1, -0.05) is 24.3 Å². The van der Waals surface area contributed by atoms with Crippen molar-refractivity contribution in [3.63, 3.8) is 0 Å². The summed E-state index contributed by atoms with van der Waals surface area (Å²) in [7, 11) is 1.62. The first-order valence-electron chi connectivity index (χ1n) is 8.10. The van der Waals surface area contributed by atoms with Crippen molar-refractivity contribution in [1.82, 2.24) is 4.98 Å². The Morgan fingerprint density at radius 3 is 2.46 bits per heavy atom. The average Bonchev–Trinajstić information content (AvgIpc) is 3.11. The van der Waals surface area contributed by atoms with Gasteiger partial charge in [-0.15, -0.1) is 0 Å². The van der Waals surface area contributed by atoms with E-state index in [4.69, 9.17) is 14.9 Å². The second kappa shape index (κ2) is 6.37. The molecule has 0 aliphatic heterocycles. The van der Waals surface area contributed by atoms with Crippen molar-refractivity contribution >= 4 is 17.0 Å². The molecule has 5 heteroatoms. The lowest BCUT2D eigenvalue weighted by Crippen LogP contribution is -2.12. The van der Waals surface area contributed by atoms with Crippen LogP contribution in [0.2, 0.25) is 0 Å². The fourth-order valence-corrected chi connectivity index (χ4v) is 2.90. The molecule has 3 aromatic carbocycles. The van der Waals surface area contributed by atoms with Gasteiger partial charge in [-0.3, -0.25) is 4.79 Å². The van der Waals surface area contributed by atoms with Gasteiger partial charge in [-0.25, -0.2) is 4.98 Å². The molecule has 0 radical (unpaired) electrons. The Morgan fingerprint density at radius 2 is 1.73 bits per heavy atom. The number of carbonyl (C=O) groups is 1. The molecule has 5 nitrogen and oxygen atoms in total. The first-order valence-corrected chi connectivity index (χ1v) is 8.10. The number of fused-ring (bicyclic) bond motifs is 1. The van der Waals surface area contributed by atoms with Gasteiger partial charge in [0.2, 0.25) is 11.8 Å². The summed E-state index contributed by atoms with van der Waals surface area (Å²) in [5.74, 6) is 0.845. The van der Waals surface area contributed by atoms with Crippen LogP contribution in [0, 0.1) is 0 Å². The summed E-state index contributed by atoms with van der Waals surface area (Å²) in [5, 5.41) is 0. The van der Waals surface area contributed by atoms with Gasteiger partial charge in [-0.2, -0.15) is 0 Å². The molecule has 1 amide bonds. The molecular weight excluding hydrogens is 328 g/mol. The van der Waals surface area contributed by atoms with Crippen LogP contribution in [-0.2, 0) is 0 Å². The van der Waals surface area contributed by atoms with Crippen molar-refractivity contribution in [3.05, 3.63) is 72.3 Å². The van der Waals surface area contributed by atoms with Crippen LogP contribution in [0.5, 0.6) is 5.75 Å². The topological polar surface area (TPSA) is 78.4 Å². The Hall–Kier alpha value is -3.60. The van der Waals surface area contributed by atoms with Gasteiger partial charge < -0.3 is 14.9 Å². The van der Waals surface area contributed by atoms with Crippen LogP contribution >= 0.6 is 0 Å². The molecule has 1 aromatic heterocycles. The molecule has 4 aromatic rings. The average molecular weight is 344 g/mol. The smallest absolute Gasteiger partial charge is 0.249 e. The lowest BCUT2D eigenvalue weighted by molar-refractivity contribution is 0.100. The maximum absolute atomic E-state index is 11.7. The molecule has 0 unspecified atom stereocenters. The third kappa shape index (κ3) is 2.80. The summed E-state index contributed by atoms with van der Waals surface area (Å²) < 4.78 is 11.0. The standard InChI is InChI=1S/C21H16N2O3/c1-25-15-9-6-13(7-10-15)21-23-18-12-14(8-11-19(18)26-21)16-4-2-3-5-17(16)20(22)24/h2-12H,1H3,(H2,22,24). The lowest BCUT2D eigenvalue weighted by Gasteiger charge is -2.06. The lowest BCUT2D eigenvalue weighted by atomic mass is 9.99. The number of hydrogen-bond donors (Lipinski definition) is 1. The third-order valence-corrected chi connectivity index (χ3v) is 4.23. The Morgan fingerprint density at radius 1 is 1.00 bits per heavy atom. The van der Waals surface area contributed by atoms with E-state index >= 15 is 0 Å². The van der Waals surface area contributed by atoms with Gasteiger partial charge in [0.1, 0.15) is 11.3 Å². The molecule has 0 saturated heterocycles. The molecule has 0 fully saturated rings. The predicted octanol–water partition coefficient (Wildman–Crippen LogP) is 4.27. The summed E-state index contributed by atoms with van der Waals surface area (Å²) in [5.41, 5.74) is 9.85. The molecule has 0 spiro atoms. The van der Waals surface area contributed by atoms with Gasteiger partial charge in [-0.05, 0) is 53.6 Å². The van der Waals surface area contributed by atoms with E-state index in [1.165, 1.54) is 0 Å². The van der Waals surface area contributed by atoms with E-state index in [1.807, 2.05) is 54.6 Å². The fourth-order valence-electron chi connectivity index (χ4n) is 2.90. The molecule has 0 aliphatic rings. The second-order valence-electron chi connectivity index (χ2n) is 5.84. The highest BCUT2D eigenvalue weighted by Crippen LogP contribution is 2.30. The predicted molar refractivity (Wildman–Crippen MR) is 100.0 cm³/mol. The van der Waals surface area contributed by atoms with Crippen molar-refractivity contribution < 1.29 is 13.9 Å². The molecule has 128 valence electrons. The number of nitrogens with two attached hydrogens (primary N) is 1. The van der Waals surface area contributed by atoms with Gasteiger partial charge in [0.25, 0.3) is 0 Å². The summed E-state index contributed by atoms with van der Waals surface area (Å²) in [6.45, 7) is 0. The highest BCUT2D eigenvalue weighted by molar-refractivity contribution is 6.00. The zero-order valence-electron chi connectivity index (χ0n) is 14.1. The van der Waals surface area contributed by atoms with E-state index in [9.17, 15) is 4.79 Å². The zero-order chi connectivity index (χ0) is 18.1. The summed E-state index contributed by atoms with van der Waals surface area (Å²) in [4.78, 5) is 16.3. The van der Waals surface area contributed by atoms with Crippen LogP contribution in [0.15, 0.2) is 71.1 Å². The molecule has 2 N–H and O–H groups in total. The van der Waals surface area contributed by atoms with E-state index < -0.39 is 5.91 Å². The number of aromatic nitrogens is 1. The van der Waals surface area contributed by atoms with Gasteiger partial charge >= 0.3 is 0 Å². The van der Waals surface area contributed by atoms with Crippen LogP contribution in [0.1, 0.15) is 10.4 Å². The van der Waals surface area contributed by atoms with E-state index in [-0.39, 0.29) is 0 Å². The Kier molecular flexibility index (Phi) is 3.89. The Labute approximate surface area is 150 Å². The Balaban J connectivity index is 1.78. The summed E-state index contributed by atoms with van der Waals surface area (Å²) in [6, 6.07) is 20.4. The maximum Gasteiger partial charge on any atom is 0.249 e. The largest absolute Gasteiger partial charge is 0.497 e. The number of benzene rings is 3. The van der Waals surface area contributed by atoms with Crippen molar-refractivity contribution in [2.24, 2.45) is 5.73 Å². The first-order chi connectivity index (χ1) is 12.7. The normalized spacial score (nSPS) is 10.8. The minimum absolute atomic E-state index is 0.459. The van der Waals surface area contributed by atoms with Gasteiger partial charge in [0.15, 0.2) is 5.58 Å². The number of hydrogen-bond acceptors (Lipinski definition) is 4. The highest BCUT2D eigenvalue weighted by atomic mass is 16.5. The SMILES string of the molecule is COc1ccc(-c2nc3cc(-c4ccccc4C(N)=O)ccc3o2)cc1. The number of methoxy groups -OCH3 is 1.